The van der Waals surface area contributed by atoms with E-state index in [1.165, 1.54) is 26.4 Å². The molecule has 24 heavy (non-hydrogen) atoms. The zero-order chi connectivity index (χ0) is 17.1. The van der Waals surface area contributed by atoms with E-state index in [9.17, 15) is 14.7 Å². The molecule has 2 aliphatic heterocycles. The Bertz CT molecular complexity index is 893. The van der Waals surface area contributed by atoms with Crippen molar-refractivity contribution < 1.29 is 28.9 Å². The van der Waals surface area contributed by atoms with Gasteiger partial charge in [0, 0.05) is 12.1 Å². The quantitative estimate of drug-likeness (QED) is 0.844. The second kappa shape index (κ2) is 4.72. The third-order valence-corrected chi connectivity index (χ3v) is 4.21. The fourth-order valence-electron chi connectivity index (χ4n) is 3.11. The summed E-state index contributed by atoms with van der Waals surface area (Å²) >= 11 is 0. The van der Waals surface area contributed by atoms with E-state index in [1.807, 2.05) is 0 Å². The molecule has 2 heterocycles. The van der Waals surface area contributed by atoms with Crippen molar-refractivity contribution in [3.8, 4) is 11.5 Å². The van der Waals surface area contributed by atoms with Crippen molar-refractivity contribution in [2.24, 2.45) is 0 Å². The monoisotopic (exact) mass is 327 g/mol. The molecule has 0 radical (unpaired) electrons. The number of amides is 1. The number of esters is 1. The highest BCUT2D eigenvalue weighted by atomic mass is 16.7. The Balaban J connectivity index is 1.99. The SMILES string of the molecule is COc1cc2c(cc1OC)N1C(=O)c3ccccc3[C@@]1(O)OC2=O. The summed E-state index contributed by atoms with van der Waals surface area (Å²) in [4.78, 5) is 26.2. The third kappa shape index (κ3) is 1.64. The van der Waals surface area contributed by atoms with E-state index in [4.69, 9.17) is 14.2 Å². The number of ether oxygens (including phenoxy) is 3. The minimum absolute atomic E-state index is 0.110. The maximum absolute atomic E-state index is 12.8. The van der Waals surface area contributed by atoms with E-state index < -0.39 is 17.8 Å². The summed E-state index contributed by atoms with van der Waals surface area (Å²) in [6.07, 6.45) is 0. The van der Waals surface area contributed by atoms with Gasteiger partial charge in [-0.1, -0.05) is 12.1 Å². The lowest BCUT2D eigenvalue weighted by atomic mass is 10.1. The minimum atomic E-state index is -2.17. The van der Waals surface area contributed by atoms with E-state index in [2.05, 4.69) is 0 Å². The smallest absolute Gasteiger partial charge is 0.344 e. The molecule has 2 aromatic rings. The van der Waals surface area contributed by atoms with Gasteiger partial charge >= 0.3 is 11.9 Å². The van der Waals surface area contributed by atoms with Crippen molar-refractivity contribution in [3.63, 3.8) is 0 Å². The molecule has 7 heteroatoms. The highest BCUT2D eigenvalue weighted by Crippen LogP contribution is 2.48. The number of aliphatic hydroxyl groups is 1. The molecule has 1 atom stereocenters. The lowest BCUT2D eigenvalue weighted by Gasteiger charge is -2.37. The predicted octanol–water partition coefficient (Wildman–Crippen LogP) is 1.64. The number of fused-ring (bicyclic) bond motifs is 5. The van der Waals surface area contributed by atoms with E-state index in [-0.39, 0.29) is 22.4 Å². The number of rotatable bonds is 2. The number of carbonyl (C=O) groups is 2. The van der Waals surface area contributed by atoms with Crippen LogP contribution in [0.3, 0.4) is 0 Å². The summed E-state index contributed by atoms with van der Waals surface area (Å²) < 4.78 is 15.6. The van der Waals surface area contributed by atoms with Crippen molar-refractivity contribution in [3.05, 3.63) is 53.1 Å². The maximum atomic E-state index is 12.8. The van der Waals surface area contributed by atoms with Gasteiger partial charge in [-0.15, -0.1) is 0 Å². The molecule has 0 fully saturated rings. The van der Waals surface area contributed by atoms with Crippen molar-refractivity contribution in [1.82, 2.24) is 0 Å². The summed E-state index contributed by atoms with van der Waals surface area (Å²) in [6, 6.07) is 9.35. The Morgan fingerprint density at radius 3 is 2.42 bits per heavy atom. The molecule has 0 spiro atoms. The fourth-order valence-corrected chi connectivity index (χ4v) is 3.11. The number of methoxy groups -OCH3 is 2. The predicted molar refractivity (Wildman–Crippen MR) is 82.1 cm³/mol. The zero-order valence-electron chi connectivity index (χ0n) is 12.9. The molecular weight excluding hydrogens is 314 g/mol. The standard InChI is InChI=1S/C17H13NO6/c1-22-13-7-10-12(8-14(13)23-2)18-15(19)9-5-3-4-6-11(9)17(18,21)24-16(10)20/h3-8,21H,1-2H3/t17-/m1/s1. The summed E-state index contributed by atoms with van der Waals surface area (Å²) in [5.41, 5.74) is 0.810. The second-order valence-corrected chi connectivity index (χ2v) is 5.41. The number of anilines is 1. The first kappa shape index (κ1) is 14.5. The Labute approximate surface area is 137 Å². The zero-order valence-corrected chi connectivity index (χ0v) is 12.9. The van der Waals surface area contributed by atoms with Crippen LogP contribution in [-0.4, -0.2) is 31.2 Å². The molecule has 0 saturated carbocycles. The Hall–Kier alpha value is -3.06. The average Bonchev–Trinajstić information content (AvgIpc) is 2.82. The Morgan fingerprint density at radius 1 is 1.04 bits per heavy atom. The van der Waals surface area contributed by atoms with Crippen LogP contribution in [0, 0.1) is 0 Å². The summed E-state index contributed by atoms with van der Waals surface area (Å²) in [5.74, 6) is -2.74. The van der Waals surface area contributed by atoms with Gasteiger partial charge < -0.3 is 19.3 Å². The lowest BCUT2D eigenvalue weighted by molar-refractivity contribution is -0.167. The molecule has 0 unspecified atom stereocenters. The van der Waals surface area contributed by atoms with Crippen LogP contribution in [0.5, 0.6) is 11.5 Å². The molecule has 7 nitrogen and oxygen atoms in total. The van der Waals surface area contributed by atoms with Crippen LogP contribution in [0.15, 0.2) is 36.4 Å². The Kier molecular flexibility index (Phi) is 2.86. The molecule has 0 saturated heterocycles. The van der Waals surface area contributed by atoms with Crippen molar-refractivity contribution >= 4 is 17.6 Å². The average molecular weight is 327 g/mol. The van der Waals surface area contributed by atoms with Crippen LogP contribution in [0.25, 0.3) is 0 Å². The summed E-state index contributed by atoms with van der Waals surface area (Å²) in [6.45, 7) is 0. The maximum Gasteiger partial charge on any atom is 0.344 e. The van der Waals surface area contributed by atoms with Gasteiger partial charge in [-0.3, -0.25) is 4.79 Å². The largest absolute Gasteiger partial charge is 0.493 e. The van der Waals surface area contributed by atoms with E-state index >= 15 is 0 Å². The number of hydrogen-bond donors (Lipinski definition) is 1. The van der Waals surface area contributed by atoms with Crippen molar-refractivity contribution in [2.45, 2.75) is 5.91 Å². The van der Waals surface area contributed by atoms with Crippen molar-refractivity contribution in [2.75, 3.05) is 19.1 Å². The van der Waals surface area contributed by atoms with Gasteiger partial charge in [-0.25, -0.2) is 9.69 Å². The van der Waals surface area contributed by atoms with Crippen molar-refractivity contribution in [1.29, 1.82) is 0 Å². The van der Waals surface area contributed by atoms with E-state index in [0.29, 0.717) is 11.5 Å². The number of benzene rings is 2. The van der Waals surface area contributed by atoms with Crippen LogP contribution >= 0.6 is 0 Å². The van der Waals surface area contributed by atoms with Crippen LogP contribution in [0.4, 0.5) is 5.69 Å². The number of carbonyl (C=O) groups excluding carboxylic acids is 2. The molecule has 1 N–H and O–H groups in total. The van der Waals surface area contributed by atoms with Crippen LogP contribution in [0.1, 0.15) is 26.3 Å². The lowest BCUT2D eigenvalue weighted by Crippen LogP contribution is -2.51. The van der Waals surface area contributed by atoms with Gasteiger partial charge in [-0.05, 0) is 12.1 Å². The highest BCUT2D eigenvalue weighted by molar-refractivity contribution is 6.16. The molecule has 0 bridgehead atoms. The number of hydrogen-bond acceptors (Lipinski definition) is 6. The fraction of sp³-hybridized carbons (Fsp3) is 0.176. The van der Waals surface area contributed by atoms with Crippen LogP contribution in [-0.2, 0) is 10.6 Å². The first-order valence-electron chi connectivity index (χ1n) is 7.17. The van der Waals surface area contributed by atoms with Gasteiger partial charge in [0.2, 0.25) is 0 Å². The van der Waals surface area contributed by atoms with Gasteiger partial charge in [0.1, 0.15) is 0 Å². The highest BCUT2D eigenvalue weighted by Gasteiger charge is 2.56. The van der Waals surface area contributed by atoms with E-state index in [0.717, 1.165) is 4.90 Å². The molecule has 4 rings (SSSR count). The minimum Gasteiger partial charge on any atom is -0.493 e. The topological polar surface area (TPSA) is 85.3 Å². The first-order chi connectivity index (χ1) is 11.5. The van der Waals surface area contributed by atoms with Gasteiger partial charge in [0.25, 0.3) is 5.91 Å². The first-order valence-corrected chi connectivity index (χ1v) is 7.17. The molecular formula is C17H13NO6. The summed E-state index contributed by atoms with van der Waals surface area (Å²) in [5, 5.41) is 10.9. The number of nitrogens with zero attached hydrogens (tertiary/aromatic N) is 1. The molecule has 1 amide bonds. The molecule has 0 aliphatic carbocycles. The molecule has 2 aromatic carbocycles. The van der Waals surface area contributed by atoms with Crippen LogP contribution < -0.4 is 14.4 Å². The Morgan fingerprint density at radius 2 is 1.71 bits per heavy atom. The van der Waals surface area contributed by atoms with Gasteiger partial charge in [0.05, 0.1) is 36.6 Å². The van der Waals surface area contributed by atoms with Gasteiger partial charge in [0.15, 0.2) is 11.5 Å². The molecule has 0 aromatic heterocycles. The second-order valence-electron chi connectivity index (χ2n) is 5.41. The normalized spacial score (nSPS) is 20.9. The van der Waals surface area contributed by atoms with Crippen LogP contribution in [0.2, 0.25) is 0 Å². The third-order valence-electron chi connectivity index (χ3n) is 4.21. The summed E-state index contributed by atoms with van der Waals surface area (Å²) in [7, 11) is 2.88. The molecule has 2 aliphatic rings. The van der Waals surface area contributed by atoms with Gasteiger partial charge in [-0.2, -0.15) is 0 Å². The van der Waals surface area contributed by atoms with E-state index in [1.54, 1.807) is 24.3 Å². The molecule has 122 valence electrons.